The molecule has 266 valence electrons. The largest absolute Gasteiger partial charge is 0.481 e. The Hall–Kier alpha value is -5.96. The van der Waals surface area contributed by atoms with E-state index in [0.29, 0.717) is 53.4 Å². The number of aliphatic carboxylic acids is 1. The number of carbonyl (C=O) groups is 4. The molecule has 14 heteroatoms. The number of aromatic nitrogens is 1. The maximum atomic E-state index is 14.2. The molecule has 0 fully saturated rings. The van der Waals surface area contributed by atoms with Gasteiger partial charge in [-0.05, 0) is 55.3 Å². The summed E-state index contributed by atoms with van der Waals surface area (Å²) in [6, 6.07) is 22.1. The quantitative estimate of drug-likeness (QED) is 0.0566. The van der Waals surface area contributed by atoms with Crippen molar-refractivity contribution in [1.82, 2.24) is 9.88 Å². The molecule has 1 aliphatic rings. The van der Waals surface area contributed by atoms with Crippen LogP contribution in [-0.4, -0.2) is 59.2 Å². The van der Waals surface area contributed by atoms with Crippen molar-refractivity contribution in [2.75, 3.05) is 23.7 Å². The first kappa shape index (κ1) is 35.9. The summed E-state index contributed by atoms with van der Waals surface area (Å²) in [4.78, 5) is 65.0. The summed E-state index contributed by atoms with van der Waals surface area (Å²) in [7, 11) is -3.24. The van der Waals surface area contributed by atoms with E-state index in [0.717, 1.165) is 6.07 Å². The third kappa shape index (κ3) is 7.12. The standard InChI is InChI=1S/C38H34N4O9S/c1-42-28-17-16-26(40-23-15-18-29(52(49,50)51)27(20-23)41-30(43)21-39-19-9-3-6-14-31(44)45)33-34(28)32(24-12-7-8-13-25(24)37(33)47)35(38(42)48)36(46)22-10-4-2-5-11-22/h2,4-5,7-8,10-13,15-18,20,39-40H,3,6,9,14,19,21H2,1H3,(H,41,43)(H,44,45)(H,49,50,51). The van der Waals surface area contributed by atoms with Crippen molar-refractivity contribution in [2.24, 2.45) is 7.05 Å². The summed E-state index contributed by atoms with van der Waals surface area (Å²) in [6.45, 7) is 0.240. The van der Waals surface area contributed by atoms with E-state index in [2.05, 4.69) is 16.0 Å². The first-order valence-electron chi connectivity index (χ1n) is 16.4. The van der Waals surface area contributed by atoms with Crippen LogP contribution in [-0.2, 0) is 26.8 Å². The molecule has 4 aromatic carbocycles. The van der Waals surface area contributed by atoms with Gasteiger partial charge in [0.25, 0.3) is 15.7 Å². The van der Waals surface area contributed by atoms with Crippen LogP contribution in [0.15, 0.2) is 94.6 Å². The minimum atomic E-state index is -4.77. The van der Waals surface area contributed by atoms with Gasteiger partial charge in [0.2, 0.25) is 5.91 Å². The number of nitrogens with one attached hydrogen (secondary N) is 3. The fraction of sp³-hybridized carbons (Fsp3) is 0.184. The van der Waals surface area contributed by atoms with E-state index in [1.54, 1.807) is 66.7 Å². The number of hydrogen-bond donors (Lipinski definition) is 5. The number of unbranched alkanes of at least 4 members (excludes halogenated alkanes) is 2. The van der Waals surface area contributed by atoms with Crippen LogP contribution in [0.3, 0.4) is 0 Å². The fourth-order valence-corrected chi connectivity index (χ4v) is 7.03. The molecule has 1 aliphatic carbocycles. The smallest absolute Gasteiger partial charge is 0.303 e. The molecule has 1 aromatic heterocycles. The summed E-state index contributed by atoms with van der Waals surface area (Å²) >= 11 is 0. The Kier molecular flexibility index (Phi) is 10.1. The maximum absolute atomic E-state index is 14.2. The van der Waals surface area contributed by atoms with E-state index in [9.17, 15) is 36.9 Å². The number of carbonyl (C=O) groups excluding carboxylic acids is 3. The first-order chi connectivity index (χ1) is 24.9. The molecular weight excluding hydrogens is 689 g/mol. The molecule has 0 aliphatic heterocycles. The lowest BCUT2D eigenvalue weighted by Gasteiger charge is -2.25. The van der Waals surface area contributed by atoms with Gasteiger partial charge in [0.15, 0.2) is 11.6 Å². The Bertz CT molecular complexity index is 2440. The molecule has 1 heterocycles. The van der Waals surface area contributed by atoms with Crippen LogP contribution in [0.2, 0.25) is 0 Å². The number of amides is 1. The van der Waals surface area contributed by atoms with Gasteiger partial charge in [-0.1, -0.05) is 61.0 Å². The predicted molar refractivity (Wildman–Crippen MR) is 195 cm³/mol. The van der Waals surface area contributed by atoms with Gasteiger partial charge in [-0.2, -0.15) is 8.42 Å². The van der Waals surface area contributed by atoms with Crippen molar-refractivity contribution < 1.29 is 37.3 Å². The monoisotopic (exact) mass is 722 g/mol. The summed E-state index contributed by atoms with van der Waals surface area (Å²) in [5.74, 6) is -2.34. The Morgan fingerprint density at radius 1 is 0.808 bits per heavy atom. The highest BCUT2D eigenvalue weighted by molar-refractivity contribution is 7.86. The van der Waals surface area contributed by atoms with Crippen molar-refractivity contribution in [3.8, 4) is 11.1 Å². The summed E-state index contributed by atoms with van der Waals surface area (Å²) in [6.07, 6.45) is 1.84. The van der Waals surface area contributed by atoms with E-state index < -0.39 is 38.2 Å². The molecule has 52 heavy (non-hydrogen) atoms. The highest BCUT2D eigenvalue weighted by Gasteiger charge is 2.34. The molecule has 5 aromatic rings. The van der Waals surface area contributed by atoms with E-state index >= 15 is 0 Å². The van der Waals surface area contributed by atoms with Crippen LogP contribution in [0.4, 0.5) is 17.1 Å². The zero-order valence-corrected chi connectivity index (χ0v) is 28.7. The number of rotatable bonds is 14. The molecule has 0 saturated heterocycles. The Morgan fingerprint density at radius 2 is 1.52 bits per heavy atom. The van der Waals surface area contributed by atoms with Crippen molar-refractivity contribution >= 4 is 61.5 Å². The molecule has 5 N–H and O–H groups in total. The molecule has 0 spiro atoms. The second kappa shape index (κ2) is 14.7. The van der Waals surface area contributed by atoms with Crippen molar-refractivity contribution in [2.45, 2.75) is 30.6 Å². The number of benzene rings is 4. The topological polar surface area (TPSA) is 201 Å². The molecule has 1 amide bonds. The molecule has 0 radical (unpaired) electrons. The second-order valence-corrected chi connectivity index (χ2v) is 13.7. The van der Waals surface area contributed by atoms with Gasteiger partial charge in [-0.25, -0.2) is 0 Å². The van der Waals surface area contributed by atoms with Crippen LogP contribution in [0, 0.1) is 0 Å². The van der Waals surface area contributed by atoms with Gasteiger partial charge in [-0.3, -0.25) is 28.5 Å². The summed E-state index contributed by atoms with van der Waals surface area (Å²) < 4.78 is 35.7. The molecule has 6 rings (SSSR count). The molecule has 0 saturated carbocycles. The fourth-order valence-electron chi connectivity index (χ4n) is 6.41. The number of aryl methyl sites for hydroxylation is 1. The highest BCUT2D eigenvalue weighted by atomic mass is 32.2. The van der Waals surface area contributed by atoms with E-state index in [4.69, 9.17) is 5.11 Å². The SMILES string of the molecule is Cn1c(=O)c(C(=O)c2ccccc2)c2c3c(c(Nc4ccc(S(=O)(=O)O)c(NC(=O)CNCCCCCC(=O)O)c4)ccc31)C(=O)c1ccccc1-2. The van der Waals surface area contributed by atoms with Crippen LogP contribution < -0.4 is 21.5 Å². The third-order valence-electron chi connectivity index (χ3n) is 8.83. The lowest BCUT2D eigenvalue weighted by Crippen LogP contribution is -2.29. The molecular formula is C38H34N4O9S. The van der Waals surface area contributed by atoms with E-state index in [-0.39, 0.29) is 52.5 Å². The number of carboxylic acid groups (broad SMARTS) is 1. The zero-order valence-electron chi connectivity index (χ0n) is 27.9. The third-order valence-corrected chi connectivity index (χ3v) is 9.75. The number of nitrogens with zero attached hydrogens (tertiary/aromatic N) is 1. The van der Waals surface area contributed by atoms with Gasteiger partial charge < -0.3 is 25.6 Å². The average Bonchev–Trinajstić information content (AvgIpc) is 3.11. The number of hydrogen-bond acceptors (Lipinski definition) is 9. The molecule has 0 unspecified atom stereocenters. The Balaban J connectivity index is 1.39. The lowest BCUT2D eigenvalue weighted by atomic mass is 9.80. The van der Waals surface area contributed by atoms with Gasteiger partial charge in [0, 0.05) is 41.2 Å². The van der Waals surface area contributed by atoms with Gasteiger partial charge in [-0.15, -0.1) is 0 Å². The number of anilines is 3. The number of fused-ring (bicyclic) bond motifs is 2. The van der Waals surface area contributed by atoms with E-state index in [1.165, 1.54) is 23.7 Å². The highest BCUT2D eigenvalue weighted by Crippen LogP contribution is 2.44. The molecule has 13 nitrogen and oxygen atoms in total. The van der Waals surface area contributed by atoms with Crippen LogP contribution in [0.5, 0.6) is 0 Å². The first-order valence-corrected chi connectivity index (χ1v) is 17.8. The predicted octanol–water partition coefficient (Wildman–Crippen LogP) is 5.14. The van der Waals surface area contributed by atoms with Crippen molar-refractivity contribution in [3.05, 3.63) is 118 Å². The van der Waals surface area contributed by atoms with Crippen LogP contribution >= 0.6 is 0 Å². The van der Waals surface area contributed by atoms with Gasteiger partial charge >= 0.3 is 5.97 Å². The number of carboxylic acids is 1. The Labute approximate surface area is 298 Å². The van der Waals surface area contributed by atoms with E-state index in [1.807, 2.05) is 0 Å². The number of ketones is 2. The molecule has 0 atom stereocenters. The summed E-state index contributed by atoms with van der Waals surface area (Å²) in [5, 5.41) is 17.7. The van der Waals surface area contributed by atoms with Gasteiger partial charge in [0.1, 0.15) is 4.90 Å². The minimum Gasteiger partial charge on any atom is -0.481 e. The van der Waals surface area contributed by atoms with Gasteiger partial charge in [0.05, 0.1) is 34.6 Å². The normalized spacial score (nSPS) is 12.0. The lowest BCUT2D eigenvalue weighted by molar-refractivity contribution is -0.137. The number of pyridine rings is 1. The Morgan fingerprint density at radius 3 is 2.23 bits per heavy atom. The minimum absolute atomic E-state index is 0.0568. The average molecular weight is 723 g/mol. The summed E-state index contributed by atoms with van der Waals surface area (Å²) in [5.41, 5.74) is 1.65. The van der Waals surface area contributed by atoms with Crippen molar-refractivity contribution in [3.63, 3.8) is 0 Å². The van der Waals surface area contributed by atoms with Crippen molar-refractivity contribution in [1.29, 1.82) is 0 Å². The van der Waals surface area contributed by atoms with Crippen LogP contribution in [0.1, 0.15) is 57.5 Å². The molecule has 0 bridgehead atoms. The second-order valence-electron chi connectivity index (χ2n) is 12.3. The van der Waals surface area contributed by atoms with Crippen LogP contribution in [0.25, 0.3) is 22.0 Å². The maximum Gasteiger partial charge on any atom is 0.303 e. The zero-order chi connectivity index (χ0) is 37.2.